The van der Waals surface area contributed by atoms with E-state index in [1.54, 1.807) is 0 Å². The van der Waals surface area contributed by atoms with E-state index in [0.29, 0.717) is 17.4 Å². The van der Waals surface area contributed by atoms with Gasteiger partial charge in [0.05, 0.1) is 6.54 Å². The lowest BCUT2D eigenvalue weighted by Gasteiger charge is -2.39. The zero-order valence-electron chi connectivity index (χ0n) is 15.7. The number of anilines is 2. The highest BCUT2D eigenvalue weighted by Gasteiger charge is 2.47. The molecular weight excluding hydrogens is 445 g/mol. The Morgan fingerprint density at radius 1 is 1.14 bits per heavy atom. The molecule has 3 N–H and O–H groups in total. The summed E-state index contributed by atoms with van der Waals surface area (Å²) in [6, 6.07) is 7.47. The summed E-state index contributed by atoms with van der Waals surface area (Å²) in [7, 11) is 0. The molecule has 1 aromatic heterocycles. The molecule has 1 unspecified atom stereocenters. The highest BCUT2D eigenvalue weighted by Crippen LogP contribution is 2.37. The van der Waals surface area contributed by atoms with Crippen molar-refractivity contribution < 1.29 is 8.78 Å². The number of alkyl halides is 2. The summed E-state index contributed by atoms with van der Waals surface area (Å²) in [5.74, 6) is -1.70. The van der Waals surface area contributed by atoms with Crippen LogP contribution in [0, 0.1) is 0 Å². The zero-order chi connectivity index (χ0) is 19.0. The third-order valence-corrected chi connectivity index (χ3v) is 5.78. The van der Waals surface area contributed by atoms with Crippen molar-refractivity contribution in [1.82, 2.24) is 20.1 Å². The molecule has 0 saturated carbocycles. The fourth-order valence-electron chi connectivity index (χ4n) is 4.25. The SMILES string of the molecule is Cl.Cl.Nc1nnc(N2CCC(N3CC(F)(F)CC3Cc3ccc(Cl)cc3)CC2)[nH]1. The number of halogens is 5. The molecule has 2 aliphatic rings. The second-order valence-corrected chi connectivity index (χ2v) is 7.91. The van der Waals surface area contributed by atoms with Gasteiger partial charge in [-0.05, 0) is 37.0 Å². The standard InChI is InChI=1S/C18H23ClF2N6.2ClH/c19-13-3-1-12(2-4-13)9-15-10-18(20,21)11-27(15)14-5-7-26(8-6-14)17-23-16(22)24-25-17;;/h1-4,14-15H,5-11H2,(H3,22,23,24,25);2*1H. The van der Waals surface area contributed by atoms with E-state index in [2.05, 4.69) is 20.1 Å². The molecular formula is C18H25Cl3F2N6. The molecule has 0 bridgehead atoms. The minimum Gasteiger partial charge on any atom is -0.368 e. The van der Waals surface area contributed by atoms with Crippen molar-refractivity contribution in [3.05, 3.63) is 34.9 Å². The number of aromatic nitrogens is 3. The van der Waals surface area contributed by atoms with Crippen LogP contribution in [0.4, 0.5) is 20.7 Å². The first-order valence-electron chi connectivity index (χ1n) is 9.21. The third kappa shape index (κ3) is 5.63. The average molecular weight is 470 g/mol. The topological polar surface area (TPSA) is 74.1 Å². The maximum Gasteiger partial charge on any atom is 0.262 e. The molecule has 0 aliphatic carbocycles. The molecule has 29 heavy (non-hydrogen) atoms. The highest BCUT2D eigenvalue weighted by molar-refractivity contribution is 6.30. The first kappa shape index (κ1) is 23.9. The molecule has 6 nitrogen and oxygen atoms in total. The fraction of sp³-hybridized carbons (Fsp3) is 0.556. The van der Waals surface area contributed by atoms with Gasteiger partial charge in [0.25, 0.3) is 5.92 Å². The van der Waals surface area contributed by atoms with E-state index in [9.17, 15) is 8.78 Å². The van der Waals surface area contributed by atoms with Gasteiger partial charge in [-0.15, -0.1) is 35.0 Å². The molecule has 2 aliphatic heterocycles. The molecule has 3 heterocycles. The summed E-state index contributed by atoms with van der Waals surface area (Å²) in [6.45, 7) is 1.33. The Bertz CT molecular complexity index is 780. The van der Waals surface area contributed by atoms with E-state index >= 15 is 0 Å². The second-order valence-electron chi connectivity index (χ2n) is 7.47. The Kier molecular flexibility index (Phi) is 7.95. The van der Waals surface area contributed by atoms with Crippen molar-refractivity contribution in [3.8, 4) is 0 Å². The molecule has 0 amide bonds. The van der Waals surface area contributed by atoms with E-state index < -0.39 is 5.92 Å². The number of benzene rings is 1. The summed E-state index contributed by atoms with van der Waals surface area (Å²) in [5.41, 5.74) is 6.63. The van der Waals surface area contributed by atoms with Gasteiger partial charge in [0.15, 0.2) is 0 Å². The maximum atomic E-state index is 14.2. The number of piperidine rings is 1. The molecule has 162 valence electrons. The van der Waals surface area contributed by atoms with Crippen LogP contribution in [-0.4, -0.2) is 57.7 Å². The molecule has 2 fully saturated rings. The van der Waals surface area contributed by atoms with Crippen LogP contribution in [0.5, 0.6) is 0 Å². The van der Waals surface area contributed by atoms with Crippen molar-refractivity contribution >= 4 is 48.3 Å². The Balaban J connectivity index is 0.00000150. The minimum absolute atomic E-state index is 0. The van der Waals surface area contributed by atoms with Gasteiger partial charge >= 0.3 is 0 Å². The fourth-order valence-corrected chi connectivity index (χ4v) is 4.38. The van der Waals surface area contributed by atoms with Crippen LogP contribution < -0.4 is 10.6 Å². The van der Waals surface area contributed by atoms with Gasteiger partial charge in [0.2, 0.25) is 11.9 Å². The molecule has 4 rings (SSSR count). The van der Waals surface area contributed by atoms with Crippen LogP contribution in [0.25, 0.3) is 0 Å². The van der Waals surface area contributed by atoms with Crippen LogP contribution in [0.1, 0.15) is 24.8 Å². The van der Waals surface area contributed by atoms with Crippen LogP contribution in [-0.2, 0) is 6.42 Å². The van der Waals surface area contributed by atoms with Gasteiger partial charge in [0, 0.05) is 36.6 Å². The smallest absolute Gasteiger partial charge is 0.262 e. The maximum absolute atomic E-state index is 14.2. The van der Waals surface area contributed by atoms with Crippen LogP contribution in [0.3, 0.4) is 0 Å². The number of nitrogens with two attached hydrogens (primary N) is 1. The summed E-state index contributed by atoms with van der Waals surface area (Å²) in [4.78, 5) is 7.01. The molecule has 1 atom stereocenters. The number of hydrogen-bond acceptors (Lipinski definition) is 5. The number of likely N-dealkylation sites (tertiary alicyclic amines) is 1. The quantitative estimate of drug-likeness (QED) is 0.712. The molecule has 0 spiro atoms. The Labute approximate surface area is 186 Å². The van der Waals surface area contributed by atoms with Gasteiger partial charge in [-0.2, -0.15) is 0 Å². The predicted octanol–water partition coefficient (Wildman–Crippen LogP) is 3.81. The first-order valence-corrected chi connectivity index (χ1v) is 9.58. The number of nitrogen functional groups attached to an aromatic ring is 1. The molecule has 0 radical (unpaired) electrons. The van der Waals surface area contributed by atoms with Crippen molar-refractivity contribution in [2.45, 2.75) is 43.7 Å². The van der Waals surface area contributed by atoms with E-state index in [1.807, 2.05) is 29.2 Å². The number of hydrogen-bond donors (Lipinski definition) is 2. The normalized spacial score (nSPS) is 22.2. The van der Waals surface area contributed by atoms with E-state index in [0.717, 1.165) is 31.5 Å². The first-order chi connectivity index (χ1) is 12.9. The second kappa shape index (κ2) is 9.64. The molecule has 1 aromatic carbocycles. The number of nitrogens with zero attached hydrogens (tertiary/aromatic N) is 4. The van der Waals surface area contributed by atoms with Gasteiger partial charge < -0.3 is 10.6 Å². The van der Waals surface area contributed by atoms with E-state index in [1.165, 1.54) is 0 Å². The van der Waals surface area contributed by atoms with Crippen molar-refractivity contribution in [2.75, 3.05) is 30.3 Å². The number of nitrogens with one attached hydrogen (secondary N) is 1. The van der Waals surface area contributed by atoms with Gasteiger partial charge in [-0.3, -0.25) is 9.88 Å². The van der Waals surface area contributed by atoms with Crippen molar-refractivity contribution in [3.63, 3.8) is 0 Å². The Morgan fingerprint density at radius 3 is 2.38 bits per heavy atom. The molecule has 2 saturated heterocycles. The predicted molar refractivity (Wildman–Crippen MR) is 116 cm³/mol. The number of aromatic amines is 1. The van der Waals surface area contributed by atoms with Gasteiger partial charge in [-0.1, -0.05) is 23.7 Å². The Hall–Kier alpha value is -1.35. The summed E-state index contributed by atoms with van der Waals surface area (Å²) in [6.07, 6.45) is 2.15. The summed E-state index contributed by atoms with van der Waals surface area (Å²) < 4.78 is 28.4. The highest BCUT2D eigenvalue weighted by atomic mass is 35.5. The summed E-state index contributed by atoms with van der Waals surface area (Å²) in [5, 5.41) is 8.46. The molecule has 11 heteroatoms. The van der Waals surface area contributed by atoms with Crippen LogP contribution >= 0.6 is 36.4 Å². The zero-order valence-corrected chi connectivity index (χ0v) is 18.1. The lowest BCUT2D eigenvalue weighted by molar-refractivity contribution is 0.00626. The average Bonchev–Trinajstić information content (AvgIpc) is 3.20. The largest absolute Gasteiger partial charge is 0.368 e. The van der Waals surface area contributed by atoms with Crippen LogP contribution in [0.2, 0.25) is 5.02 Å². The summed E-state index contributed by atoms with van der Waals surface area (Å²) >= 11 is 5.93. The van der Waals surface area contributed by atoms with Crippen LogP contribution in [0.15, 0.2) is 24.3 Å². The van der Waals surface area contributed by atoms with Crippen molar-refractivity contribution in [2.24, 2.45) is 0 Å². The monoisotopic (exact) mass is 468 g/mol. The third-order valence-electron chi connectivity index (χ3n) is 5.53. The van der Waals surface area contributed by atoms with Gasteiger partial charge in [-0.25, -0.2) is 8.78 Å². The Morgan fingerprint density at radius 2 is 1.79 bits per heavy atom. The van der Waals surface area contributed by atoms with E-state index in [4.69, 9.17) is 17.3 Å². The number of rotatable bonds is 4. The van der Waals surface area contributed by atoms with Gasteiger partial charge in [0.1, 0.15) is 0 Å². The minimum atomic E-state index is -2.63. The van der Waals surface area contributed by atoms with E-state index in [-0.39, 0.29) is 55.8 Å². The molecule has 2 aromatic rings. The number of H-pyrrole nitrogens is 1. The van der Waals surface area contributed by atoms with Crippen molar-refractivity contribution in [1.29, 1.82) is 0 Å². The lowest BCUT2D eigenvalue weighted by Crippen LogP contribution is -2.48. The lowest BCUT2D eigenvalue weighted by atomic mass is 9.99.